The van der Waals surface area contributed by atoms with E-state index in [-0.39, 0.29) is 24.4 Å². The van der Waals surface area contributed by atoms with Crippen LogP contribution in [0.2, 0.25) is 0 Å². The molecule has 0 heterocycles. The highest BCUT2D eigenvalue weighted by molar-refractivity contribution is 5.93. The van der Waals surface area contributed by atoms with Crippen LogP contribution in [0, 0.1) is 6.92 Å². The van der Waals surface area contributed by atoms with Gasteiger partial charge in [0.2, 0.25) is 5.91 Å². The lowest BCUT2D eigenvalue weighted by Gasteiger charge is -2.20. The molecule has 0 saturated carbocycles. The van der Waals surface area contributed by atoms with Crippen LogP contribution >= 0.6 is 12.4 Å². The molecule has 21 heavy (non-hydrogen) atoms. The number of anilines is 1. The zero-order valence-corrected chi connectivity index (χ0v) is 13.1. The van der Waals surface area contributed by atoms with Crippen molar-refractivity contribution < 1.29 is 4.79 Å². The lowest BCUT2D eigenvalue weighted by Crippen LogP contribution is -2.29. The first-order chi connectivity index (χ1) is 9.58. The van der Waals surface area contributed by atoms with Crippen molar-refractivity contribution in [2.24, 2.45) is 5.73 Å². The Morgan fingerprint density at radius 2 is 1.67 bits per heavy atom. The molecule has 1 amide bonds. The molecule has 3 nitrogen and oxygen atoms in total. The van der Waals surface area contributed by atoms with Gasteiger partial charge in [-0.3, -0.25) is 4.79 Å². The summed E-state index contributed by atoms with van der Waals surface area (Å²) < 4.78 is 0. The number of benzene rings is 2. The van der Waals surface area contributed by atoms with Gasteiger partial charge in [-0.05, 0) is 24.6 Å². The van der Waals surface area contributed by atoms with Crippen LogP contribution in [0.4, 0.5) is 5.69 Å². The Kier molecular flexibility index (Phi) is 6.40. The molecule has 0 bridgehead atoms. The standard InChI is InChI=1S/C17H20N2O.ClH/c1-13-8-10-15(11-9-13)19(2)17(20)12-16(18)14-6-4-3-5-7-14;/h3-11,16H,12,18H2,1-2H3;1H. The van der Waals surface area contributed by atoms with Crippen molar-refractivity contribution in [3.8, 4) is 0 Å². The summed E-state index contributed by atoms with van der Waals surface area (Å²) in [5, 5.41) is 0. The second-order valence-electron chi connectivity index (χ2n) is 5.01. The molecule has 0 aromatic heterocycles. The maximum atomic E-state index is 12.3. The molecular formula is C17H21ClN2O. The fourth-order valence-electron chi connectivity index (χ4n) is 2.06. The predicted molar refractivity (Wildman–Crippen MR) is 89.8 cm³/mol. The third-order valence-corrected chi connectivity index (χ3v) is 3.42. The number of nitrogens with zero attached hydrogens (tertiary/aromatic N) is 1. The molecule has 0 spiro atoms. The highest BCUT2D eigenvalue weighted by Crippen LogP contribution is 2.18. The third kappa shape index (κ3) is 4.59. The summed E-state index contributed by atoms with van der Waals surface area (Å²) in [6, 6.07) is 17.3. The minimum atomic E-state index is -0.267. The Hall–Kier alpha value is -1.84. The van der Waals surface area contributed by atoms with Crippen LogP contribution in [0.5, 0.6) is 0 Å². The largest absolute Gasteiger partial charge is 0.324 e. The van der Waals surface area contributed by atoms with Gasteiger partial charge < -0.3 is 10.6 Å². The van der Waals surface area contributed by atoms with Gasteiger partial charge >= 0.3 is 0 Å². The molecule has 0 aliphatic carbocycles. The minimum Gasteiger partial charge on any atom is -0.324 e. The number of halogens is 1. The van der Waals surface area contributed by atoms with E-state index in [2.05, 4.69) is 0 Å². The third-order valence-electron chi connectivity index (χ3n) is 3.42. The molecule has 1 atom stereocenters. The minimum absolute atomic E-state index is 0. The van der Waals surface area contributed by atoms with Gasteiger partial charge in [-0.1, -0.05) is 48.0 Å². The number of hydrogen-bond acceptors (Lipinski definition) is 2. The topological polar surface area (TPSA) is 46.3 Å². The molecular weight excluding hydrogens is 284 g/mol. The Bertz CT molecular complexity index is 569. The van der Waals surface area contributed by atoms with Crippen molar-refractivity contribution in [2.45, 2.75) is 19.4 Å². The van der Waals surface area contributed by atoms with Crippen LogP contribution in [0.3, 0.4) is 0 Å². The fourth-order valence-corrected chi connectivity index (χ4v) is 2.06. The van der Waals surface area contributed by atoms with Crippen LogP contribution in [-0.2, 0) is 4.79 Å². The first-order valence-corrected chi connectivity index (χ1v) is 6.71. The number of carbonyl (C=O) groups excluding carboxylic acids is 1. The predicted octanol–water partition coefficient (Wildman–Crippen LogP) is 3.47. The Morgan fingerprint density at radius 1 is 1.10 bits per heavy atom. The number of hydrogen-bond donors (Lipinski definition) is 1. The molecule has 0 fully saturated rings. The maximum absolute atomic E-state index is 12.3. The van der Waals surface area contributed by atoms with Crippen molar-refractivity contribution in [2.75, 3.05) is 11.9 Å². The lowest BCUT2D eigenvalue weighted by atomic mass is 10.0. The smallest absolute Gasteiger partial charge is 0.228 e. The number of amides is 1. The zero-order chi connectivity index (χ0) is 14.5. The monoisotopic (exact) mass is 304 g/mol. The second kappa shape index (κ2) is 7.81. The van der Waals surface area contributed by atoms with Crippen molar-refractivity contribution in [3.05, 3.63) is 65.7 Å². The lowest BCUT2D eigenvalue weighted by molar-refractivity contribution is -0.118. The maximum Gasteiger partial charge on any atom is 0.228 e. The Morgan fingerprint density at radius 3 is 2.24 bits per heavy atom. The molecule has 0 saturated heterocycles. The fraction of sp³-hybridized carbons (Fsp3) is 0.235. The summed E-state index contributed by atoms with van der Waals surface area (Å²) in [5.41, 5.74) is 9.14. The van der Waals surface area contributed by atoms with E-state index in [9.17, 15) is 4.79 Å². The molecule has 2 aromatic carbocycles. The highest BCUT2D eigenvalue weighted by Gasteiger charge is 2.16. The van der Waals surface area contributed by atoms with Crippen LogP contribution < -0.4 is 10.6 Å². The quantitative estimate of drug-likeness (QED) is 0.940. The molecule has 0 aliphatic rings. The van der Waals surface area contributed by atoms with Crippen molar-refractivity contribution in [1.82, 2.24) is 0 Å². The molecule has 1 unspecified atom stereocenters. The van der Waals surface area contributed by atoms with Gasteiger partial charge in [-0.25, -0.2) is 0 Å². The number of nitrogens with two attached hydrogens (primary N) is 1. The van der Waals surface area contributed by atoms with Crippen LogP contribution in [0.25, 0.3) is 0 Å². The van der Waals surface area contributed by atoms with E-state index < -0.39 is 0 Å². The summed E-state index contributed by atoms with van der Waals surface area (Å²) in [7, 11) is 1.78. The highest BCUT2D eigenvalue weighted by atomic mass is 35.5. The Labute approximate surface area is 132 Å². The van der Waals surface area contributed by atoms with Gasteiger partial charge in [0, 0.05) is 25.2 Å². The SMILES string of the molecule is Cc1ccc(N(C)C(=O)CC(N)c2ccccc2)cc1.Cl. The summed E-state index contributed by atoms with van der Waals surface area (Å²) in [5.74, 6) is 0.0187. The summed E-state index contributed by atoms with van der Waals surface area (Å²) in [6.07, 6.45) is 0.300. The molecule has 2 rings (SSSR count). The van der Waals surface area contributed by atoms with Gasteiger partial charge in [0.15, 0.2) is 0 Å². The summed E-state index contributed by atoms with van der Waals surface area (Å²) in [6.45, 7) is 2.02. The second-order valence-corrected chi connectivity index (χ2v) is 5.01. The zero-order valence-electron chi connectivity index (χ0n) is 12.3. The Balaban J connectivity index is 0.00000220. The van der Waals surface area contributed by atoms with E-state index in [1.165, 1.54) is 5.56 Å². The van der Waals surface area contributed by atoms with E-state index in [1.807, 2.05) is 61.5 Å². The van der Waals surface area contributed by atoms with E-state index in [0.29, 0.717) is 6.42 Å². The van der Waals surface area contributed by atoms with Gasteiger partial charge in [0.1, 0.15) is 0 Å². The molecule has 0 aliphatic heterocycles. The molecule has 0 radical (unpaired) electrons. The average Bonchev–Trinajstić information content (AvgIpc) is 2.48. The van der Waals surface area contributed by atoms with E-state index >= 15 is 0 Å². The van der Waals surface area contributed by atoms with Crippen LogP contribution in [0.15, 0.2) is 54.6 Å². The molecule has 112 valence electrons. The molecule has 4 heteroatoms. The van der Waals surface area contributed by atoms with Crippen molar-refractivity contribution >= 4 is 24.0 Å². The van der Waals surface area contributed by atoms with Gasteiger partial charge in [-0.15, -0.1) is 12.4 Å². The van der Waals surface area contributed by atoms with Gasteiger partial charge in [0.25, 0.3) is 0 Å². The first-order valence-electron chi connectivity index (χ1n) is 6.71. The van der Waals surface area contributed by atoms with Crippen molar-refractivity contribution in [3.63, 3.8) is 0 Å². The van der Waals surface area contributed by atoms with Crippen LogP contribution in [0.1, 0.15) is 23.6 Å². The molecule has 2 aromatic rings. The molecule has 2 N–H and O–H groups in total. The first kappa shape index (κ1) is 17.2. The summed E-state index contributed by atoms with van der Waals surface area (Å²) in [4.78, 5) is 13.9. The van der Waals surface area contributed by atoms with Crippen LogP contribution in [-0.4, -0.2) is 13.0 Å². The summed E-state index contributed by atoms with van der Waals surface area (Å²) >= 11 is 0. The number of rotatable bonds is 4. The average molecular weight is 305 g/mol. The van der Waals surface area contributed by atoms with E-state index in [0.717, 1.165) is 11.3 Å². The normalized spacial score (nSPS) is 11.4. The number of aryl methyl sites for hydroxylation is 1. The number of carbonyl (C=O) groups is 1. The van der Waals surface area contributed by atoms with E-state index in [1.54, 1.807) is 11.9 Å². The van der Waals surface area contributed by atoms with Gasteiger partial charge in [-0.2, -0.15) is 0 Å². The van der Waals surface area contributed by atoms with E-state index in [4.69, 9.17) is 5.73 Å². The van der Waals surface area contributed by atoms with Crippen molar-refractivity contribution in [1.29, 1.82) is 0 Å². The van der Waals surface area contributed by atoms with Gasteiger partial charge in [0.05, 0.1) is 0 Å².